The maximum Gasteiger partial charge on any atom is 0.271 e. The molecule has 20 heavy (non-hydrogen) atoms. The smallest absolute Gasteiger partial charge is 0.271 e. The van der Waals surface area contributed by atoms with E-state index in [4.69, 9.17) is 10.00 Å². The molecule has 0 heterocycles. The summed E-state index contributed by atoms with van der Waals surface area (Å²) in [6.45, 7) is 3.88. The van der Waals surface area contributed by atoms with Gasteiger partial charge in [0.1, 0.15) is 23.1 Å². The number of non-ortho nitro benzene ring substituents is 1. The fraction of sp³-hybridized carbons (Fsp3) is 0.133. The van der Waals surface area contributed by atoms with Crippen molar-refractivity contribution in [3.05, 3.63) is 63.2 Å². The van der Waals surface area contributed by atoms with Gasteiger partial charge in [-0.05, 0) is 37.1 Å². The zero-order chi connectivity index (χ0) is 14.7. The summed E-state index contributed by atoms with van der Waals surface area (Å²) in [6, 6.07) is 11.5. The van der Waals surface area contributed by atoms with Gasteiger partial charge in [0.15, 0.2) is 0 Å². The highest BCUT2D eigenvalue weighted by Crippen LogP contribution is 2.30. The second kappa shape index (κ2) is 5.41. The van der Waals surface area contributed by atoms with E-state index in [9.17, 15) is 10.1 Å². The van der Waals surface area contributed by atoms with Crippen molar-refractivity contribution in [3.63, 3.8) is 0 Å². The molecule has 0 aromatic heterocycles. The molecule has 5 heteroatoms. The molecule has 0 unspecified atom stereocenters. The molecular formula is C15H12N2O3. The lowest BCUT2D eigenvalue weighted by atomic mass is 10.1. The fourth-order valence-corrected chi connectivity index (χ4v) is 1.76. The van der Waals surface area contributed by atoms with Crippen LogP contribution in [0.25, 0.3) is 0 Å². The van der Waals surface area contributed by atoms with Gasteiger partial charge in [0, 0.05) is 12.1 Å². The molecule has 0 aliphatic heterocycles. The first-order valence-electron chi connectivity index (χ1n) is 5.95. The maximum atomic E-state index is 10.7. The monoisotopic (exact) mass is 268 g/mol. The van der Waals surface area contributed by atoms with Crippen LogP contribution in [0.1, 0.15) is 16.7 Å². The normalized spacial score (nSPS) is 9.85. The van der Waals surface area contributed by atoms with E-state index < -0.39 is 4.92 Å². The van der Waals surface area contributed by atoms with Crippen LogP contribution in [0.3, 0.4) is 0 Å². The number of nitrogens with zero attached hydrogens (tertiary/aromatic N) is 2. The average molecular weight is 268 g/mol. The zero-order valence-corrected chi connectivity index (χ0v) is 11.1. The summed E-state index contributed by atoms with van der Waals surface area (Å²) in [5.74, 6) is 0.946. The lowest BCUT2D eigenvalue weighted by Crippen LogP contribution is -1.94. The minimum atomic E-state index is -0.539. The molecule has 0 amide bonds. The van der Waals surface area contributed by atoms with E-state index in [-0.39, 0.29) is 11.3 Å². The number of rotatable bonds is 3. The molecule has 0 spiro atoms. The predicted molar refractivity (Wildman–Crippen MR) is 73.8 cm³/mol. The van der Waals surface area contributed by atoms with Crippen molar-refractivity contribution < 1.29 is 9.66 Å². The average Bonchev–Trinajstić information content (AvgIpc) is 2.44. The summed E-state index contributed by atoms with van der Waals surface area (Å²) in [5.41, 5.74) is 2.05. The largest absolute Gasteiger partial charge is 0.456 e. The summed E-state index contributed by atoms with van der Waals surface area (Å²) in [5, 5.41) is 19.8. The first kappa shape index (κ1) is 13.6. The Balaban J connectivity index is 2.42. The highest BCUT2D eigenvalue weighted by atomic mass is 16.6. The van der Waals surface area contributed by atoms with Gasteiger partial charge in [-0.3, -0.25) is 10.1 Å². The molecule has 0 saturated heterocycles. The van der Waals surface area contributed by atoms with Crippen LogP contribution in [-0.2, 0) is 0 Å². The Labute approximate surface area is 116 Å². The van der Waals surface area contributed by atoms with Crippen LogP contribution >= 0.6 is 0 Å². The van der Waals surface area contributed by atoms with Crippen LogP contribution in [0.4, 0.5) is 5.69 Å². The molecule has 0 atom stereocenters. The van der Waals surface area contributed by atoms with Gasteiger partial charge in [-0.1, -0.05) is 12.1 Å². The van der Waals surface area contributed by atoms with E-state index in [2.05, 4.69) is 0 Å². The summed E-state index contributed by atoms with van der Waals surface area (Å²) >= 11 is 0. The number of nitro benzene ring substituents is 1. The molecule has 0 saturated carbocycles. The van der Waals surface area contributed by atoms with Gasteiger partial charge in [-0.25, -0.2) is 0 Å². The van der Waals surface area contributed by atoms with Crippen LogP contribution in [0.2, 0.25) is 0 Å². The standard InChI is InChI=1S/C15H12N2O3/c1-10-4-3-5-14(11(10)2)20-15-7-6-13(17(18)19)8-12(15)9-16/h3-8H,1-2H3. The maximum absolute atomic E-state index is 10.7. The SMILES string of the molecule is Cc1cccc(Oc2ccc([N+](=O)[O-])cc2C#N)c1C. The lowest BCUT2D eigenvalue weighted by molar-refractivity contribution is -0.384. The third kappa shape index (κ3) is 2.59. The quantitative estimate of drug-likeness (QED) is 0.625. The van der Waals surface area contributed by atoms with Gasteiger partial charge >= 0.3 is 0 Å². The van der Waals surface area contributed by atoms with Gasteiger partial charge in [0.05, 0.1) is 4.92 Å². The van der Waals surface area contributed by atoms with Gasteiger partial charge in [-0.15, -0.1) is 0 Å². The minimum Gasteiger partial charge on any atom is -0.456 e. The number of hydrogen-bond acceptors (Lipinski definition) is 4. The molecule has 0 fully saturated rings. The van der Waals surface area contributed by atoms with Crippen LogP contribution in [0, 0.1) is 35.3 Å². The molecule has 2 aromatic carbocycles. The van der Waals surface area contributed by atoms with Crippen molar-refractivity contribution in [1.82, 2.24) is 0 Å². The molecule has 0 N–H and O–H groups in total. The second-order valence-corrected chi connectivity index (χ2v) is 4.35. The van der Waals surface area contributed by atoms with E-state index in [0.717, 1.165) is 11.1 Å². The molecule has 2 aromatic rings. The fourth-order valence-electron chi connectivity index (χ4n) is 1.76. The van der Waals surface area contributed by atoms with E-state index in [1.165, 1.54) is 18.2 Å². The first-order valence-corrected chi connectivity index (χ1v) is 5.95. The molecular weight excluding hydrogens is 256 g/mol. The Morgan fingerprint density at radius 2 is 1.95 bits per heavy atom. The number of aryl methyl sites for hydroxylation is 1. The number of benzene rings is 2. The van der Waals surface area contributed by atoms with E-state index >= 15 is 0 Å². The molecule has 2 rings (SSSR count). The summed E-state index contributed by atoms with van der Waals surface area (Å²) < 4.78 is 5.70. The number of ether oxygens (including phenoxy) is 1. The Kier molecular flexibility index (Phi) is 3.67. The molecule has 5 nitrogen and oxygen atoms in total. The Bertz CT molecular complexity index is 718. The van der Waals surface area contributed by atoms with Crippen molar-refractivity contribution in [1.29, 1.82) is 5.26 Å². The van der Waals surface area contributed by atoms with Crippen molar-refractivity contribution in [2.24, 2.45) is 0 Å². The number of nitro groups is 1. The highest BCUT2D eigenvalue weighted by molar-refractivity contribution is 5.52. The summed E-state index contributed by atoms with van der Waals surface area (Å²) in [4.78, 5) is 10.2. The summed E-state index contributed by atoms with van der Waals surface area (Å²) in [6.07, 6.45) is 0. The van der Waals surface area contributed by atoms with Gasteiger partial charge in [0.25, 0.3) is 5.69 Å². The van der Waals surface area contributed by atoms with Gasteiger partial charge in [0.2, 0.25) is 0 Å². The van der Waals surface area contributed by atoms with Crippen molar-refractivity contribution in [2.75, 3.05) is 0 Å². The van der Waals surface area contributed by atoms with Crippen LogP contribution < -0.4 is 4.74 Å². The lowest BCUT2D eigenvalue weighted by Gasteiger charge is -2.11. The van der Waals surface area contributed by atoms with Crippen molar-refractivity contribution in [2.45, 2.75) is 13.8 Å². The third-order valence-corrected chi connectivity index (χ3v) is 3.07. The van der Waals surface area contributed by atoms with Crippen LogP contribution in [0.15, 0.2) is 36.4 Å². The molecule has 0 aliphatic rings. The Hall–Kier alpha value is -2.87. The van der Waals surface area contributed by atoms with E-state index in [0.29, 0.717) is 11.5 Å². The van der Waals surface area contributed by atoms with Crippen molar-refractivity contribution >= 4 is 5.69 Å². The third-order valence-electron chi connectivity index (χ3n) is 3.07. The second-order valence-electron chi connectivity index (χ2n) is 4.35. The number of nitriles is 1. The zero-order valence-electron chi connectivity index (χ0n) is 11.1. The van der Waals surface area contributed by atoms with E-state index in [1.54, 1.807) is 6.07 Å². The molecule has 0 bridgehead atoms. The van der Waals surface area contributed by atoms with Crippen LogP contribution in [0.5, 0.6) is 11.5 Å². The van der Waals surface area contributed by atoms with E-state index in [1.807, 2.05) is 32.0 Å². The predicted octanol–water partition coefficient (Wildman–Crippen LogP) is 3.88. The van der Waals surface area contributed by atoms with Gasteiger partial charge in [-0.2, -0.15) is 5.26 Å². The van der Waals surface area contributed by atoms with Crippen LogP contribution in [-0.4, -0.2) is 4.92 Å². The topological polar surface area (TPSA) is 76.2 Å². The molecule has 0 aliphatic carbocycles. The molecule has 0 radical (unpaired) electrons. The minimum absolute atomic E-state index is 0.130. The Morgan fingerprint density at radius 1 is 1.20 bits per heavy atom. The van der Waals surface area contributed by atoms with Crippen molar-refractivity contribution in [3.8, 4) is 17.6 Å². The molecule has 100 valence electrons. The van der Waals surface area contributed by atoms with Gasteiger partial charge < -0.3 is 4.74 Å². The Morgan fingerprint density at radius 3 is 2.60 bits per heavy atom. The number of hydrogen-bond donors (Lipinski definition) is 0. The first-order chi connectivity index (χ1) is 9.52. The summed E-state index contributed by atoms with van der Waals surface area (Å²) in [7, 11) is 0. The highest BCUT2D eigenvalue weighted by Gasteiger charge is 2.13.